The molecular weight excluding hydrogens is 272 g/mol. The summed E-state index contributed by atoms with van der Waals surface area (Å²) in [6.45, 7) is 7.56. The van der Waals surface area contributed by atoms with Crippen LogP contribution in [0.5, 0.6) is 0 Å². The van der Waals surface area contributed by atoms with Crippen molar-refractivity contribution in [2.45, 2.75) is 40.2 Å². The van der Waals surface area contributed by atoms with E-state index in [-0.39, 0.29) is 16.7 Å². The number of hydrogen-bond acceptors (Lipinski definition) is 5. The molecule has 1 N–H and O–H groups in total. The number of rotatable bonds is 5. The summed E-state index contributed by atoms with van der Waals surface area (Å²) in [7, 11) is 1.70. The zero-order valence-corrected chi connectivity index (χ0v) is 12.9. The molecule has 7 heteroatoms. The molecule has 1 unspecified atom stereocenters. The van der Waals surface area contributed by atoms with Crippen molar-refractivity contribution < 1.29 is 9.34 Å². The summed E-state index contributed by atoms with van der Waals surface area (Å²) in [5.41, 5.74) is 1.52. The van der Waals surface area contributed by atoms with Gasteiger partial charge in [0.05, 0.1) is 11.0 Å². The molecule has 114 valence electrons. The second kappa shape index (κ2) is 5.59. The highest BCUT2D eigenvalue weighted by atomic mass is 16.6. The zero-order chi connectivity index (χ0) is 15.7. The van der Waals surface area contributed by atoms with Gasteiger partial charge in [0.25, 0.3) is 0 Å². The highest BCUT2D eigenvalue weighted by Crippen LogP contribution is 2.32. The maximum atomic E-state index is 11.3. The Kier molecular flexibility index (Phi) is 4.02. The van der Waals surface area contributed by atoms with E-state index in [1.54, 1.807) is 7.05 Å². The Morgan fingerprint density at radius 1 is 1.52 bits per heavy atom. The highest BCUT2D eigenvalue weighted by molar-refractivity contribution is 5.60. The zero-order valence-electron chi connectivity index (χ0n) is 12.9. The lowest BCUT2D eigenvalue weighted by atomic mass is 10.1. The third-order valence-corrected chi connectivity index (χ3v) is 3.51. The SMILES string of the molecule is CCc1nn(C)c(NC(C)c2cc(C)oc2C)c1[N+](=O)[O-]. The van der Waals surface area contributed by atoms with Gasteiger partial charge in [0.15, 0.2) is 0 Å². The van der Waals surface area contributed by atoms with E-state index in [2.05, 4.69) is 10.4 Å². The number of nitrogens with zero attached hydrogens (tertiary/aromatic N) is 3. The maximum absolute atomic E-state index is 11.3. The summed E-state index contributed by atoms with van der Waals surface area (Å²) < 4.78 is 7.03. The smallest absolute Gasteiger partial charge is 0.333 e. The normalized spacial score (nSPS) is 12.4. The van der Waals surface area contributed by atoms with Gasteiger partial charge in [-0.3, -0.25) is 10.1 Å². The number of nitrogens with one attached hydrogen (secondary N) is 1. The minimum Gasteiger partial charge on any atom is -0.466 e. The Morgan fingerprint density at radius 3 is 2.67 bits per heavy atom. The molecular formula is C14H20N4O3. The van der Waals surface area contributed by atoms with Gasteiger partial charge in [-0.05, 0) is 33.3 Å². The Labute approximate surface area is 123 Å². The van der Waals surface area contributed by atoms with Crippen LogP contribution in [0.3, 0.4) is 0 Å². The third-order valence-electron chi connectivity index (χ3n) is 3.51. The fourth-order valence-corrected chi connectivity index (χ4v) is 2.52. The molecule has 0 radical (unpaired) electrons. The Balaban J connectivity index is 2.37. The van der Waals surface area contributed by atoms with E-state index in [1.165, 1.54) is 4.68 Å². The van der Waals surface area contributed by atoms with Gasteiger partial charge in [-0.15, -0.1) is 0 Å². The van der Waals surface area contributed by atoms with Crippen LogP contribution >= 0.6 is 0 Å². The van der Waals surface area contributed by atoms with Crippen molar-refractivity contribution in [3.63, 3.8) is 0 Å². The number of aryl methyl sites for hydroxylation is 4. The maximum Gasteiger partial charge on any atom is 0.333 e. The number of nitro groups is 1. The molecule has 21 heavy (non-hydrogen) atoms. The molecule has 0 aromatic carbocycles. The molecule has 7 nitrogen and oxygen atoms in total. The van der Waals surface area contributed by atoms with Gasteiger partial charge < -0.3 is 9.73 Å². The molecule has 0 bridgehead atoms. The molecule has 0 saturated heterocycles. The number of aromatic nitrogens is 2. The minimum absolute atomic E-state index is 0.0460. The molecule has 2 heterocycles. The van der Waals surface area contributed by atoms with Crippen LogP contribution in [0.4, 0.5) is 11.5 Å². The summed E-state index contributed by atoms with van der Waals surface area (Å²) in [4.78, 5) is 10.9. The van der Waals surface area contributed by atoms with Gasteiger partial charge in [0.2, 0.25) is 5.82 Å². The van der Waals surface area contributed by atoms with Gasteiger partial charge in [-0.1, -0.05) is 6.92 Å². The second-order valence-corrected chi connectivity index (χ2v) is 5.11. The largest absolute Gasteiger partial charge is 0.466 e. The van der Waals surface area contributed by atoms with Crippen molar-refractivity contribution in [3.05, 3.63) is 39.0 Å². The second-order valence-electron chi connectivity index (χ2n) is 5.11. The van der Waals surface area contributed by atoms with Crippen LogP contribution in [0.25, 0.3) is 0 Å². The topological polar surface area (TPSA) is 86.1 Å². The standard InChI is InChI=1S/C14H20N4O3/c1-6-12-13(18(19)20)14(17(5)16-12)15-9(3)11-7-8(2)21-10(11)4/h7,9,15H,6H2,1-5H3. The van der Waals surface area contributed by atoms with Gasteiger partial charge >= 0.3 is 5.69 Å². The van der Waals surface area contributed by atoms with Crippen molar-refractivity contribution in [2.24, 2.45) is 7.05 Å². The van der Waals surface area contributed by atoms with Gasteiger partial charge in [-0.25, -0.2) is 4.68 Å². The van der Waals surface area contributed by atoms with Crippen molar-refractivity contribution in [1.82, 2.24) is 9.78 Å². The van der Waals surface area contributed by atoms with Crippen LogP contribution < -0.4 is 5.32 Å². The van der Waals surface area contributed by atoms with Crippen LogP contribution in [-0.2, 0) is 13.5 Å². The molecule has 0 aliphatic rings. The molecule has 0 aliphatic carbocycles. The minimum atomic E-state index is -0.381. The van der Waals surface area contributed by atoms with E-state index in [4.69, 9.17) is 4.42 Å². The average molecular weight is 292 g/mol. The molecule has 0 fully saturated rings. The van der Waals surface area contributed by atoms with Crippen molar-refractivity contribution in [2.75, 3.05) is 5.32 Å². The van der Waals surface area contributed by atoms with E-state index < -0.39 is 0 Å². The summed E-state index contributed by atoms with van der Waals surface area (Å²) in [6, 6.07) is 1.83. The Bertz CT molecular complexity index is 672. The molecule has 1 atom stereocenters. The molecule has 2 aromatic heterocycles. The monoisotopic (exact) mass is 292 g/mol. The van der Waals surface area contributed by atoms with E-state index >= 15 is 0 Å². The molecule has 0 saturated carbocycles. The molecule has 0 aliphatic heterocycles. The molecule has 2 rings (SSSR count). The molecule has 2 aromatic rings. The van der Waals surface area contributed by atoms with Crippen LogP contribution in [0.15, 0.2) is 10.5 Å². The van der Waals surface area contributed by atoms with Crippen LogP contribution in [0.2, 0.25) is 0 Å². The summed E-state index contributed by atoms with van der Waals surface area (Å²) in [5.74, 6) is 2.06. The quantitative estimate of drug-likeness (QED) is 0.675. The fraction of sp³-hybridized carbons (Fsp3) is 0.500. The van der Waals surface area contributed by atoms with E-state index in [1.807, 2.05) is 33.8 Å². The summed E-state index contributed by atoms with van der Waals surface area (Å²) >= 11 is 0. The van der Waals surface area contributed by atoms with Crippen LogP contribution in [0, 0.1) is 24.0 Å². The Morgan fingerprint density at radius 2 is 2.19 bits per heavy atom. The average Bonchev–Trinajstić information content (AvgIpc) is 2.89. The van der Waals surface area contributed by atoms with Crippen LogP contribution in [0.1, 0.15) is 42.7 Å². The lowest BCUT2D eigenvalue weighted by Crippen LogP contribution is -2.11. The molecule has 0 amide bonds. The summed E-state index contributed by atoms with van der Waals surface area (Å²) in [6.07, 6.45) is 0.518. The fourth-order valence-electron chi connectivity index (χ4n) is 2.52. The first-order valence-corrected chi connectivity index (χ1v) is 6.88. The van der Waals surface area contributed by atoms with E-state index in [9.17, 15) is 10.1 Å². The van der Waals surface area contributed by atoms with Crippen LogP contribution in [-0.4, -0.2) is 14.7 Å². The van der Waals surface area contributed by atoms with Crippen molar-refractivity contribution in [3.8, 4) is 0 Å². The first kappa shape index (κ1) is 15.1. The number of hydrogen-bond donors (Lipinski definition) is 1. The predicted molar refractivity (Wildman–Crippen MR) is 79.5 cm³/mol. The van der Waals surface area contributed by atoms with Gasteiger partial charge in [0.1, 0.15) is 17.2 Å². The lowest BCUT2D eigenvalue weighted by molar-refractivity contribution is -0.384. The van der Waals surface area contributed by atoms with Gasteiger partial charge in [0, 0.05) is 12.6 Å². The lowest BCUT2D eigenvalue weighted by Gasteiger charge is -2.14. The van der Waals surface area contributed by atoms with Crippen molar-refractivity contribution in [1.29, 1.82) is 0 Å². The van der Waals surface area contributed by atoms with E-state index in [0.29, 0.717) is 17.9 Å². The highest BCUT2D eigenvalue weighted by Gasteiger charge is 2.27. The third kappa shape index (κ3) is 2.76. The van der Waals surface area contributed by atoms with Gasteiger partial charge in [-0.2, -0.15) is 5.10 Å². The summed E-state index contributed by atoms with van der Waals surface area (Å²) in [5, 5.41) is 18.7. The molecule has 0 spiro atoms. The predicted octanol–water partition coefficient (Wildman–Crippen LogP) is 3.27. The van der Waals surface area contributed by atoms with E-state index in [0.717, 1.165) is 17.1 Å². The van der Waals surface area contributed by atoms with Crippen molar-refractivity contribution >= 4 is 11.5 Å². The first-order valence-electron chi connectivity index (χ1n) is 6.88. The number of anilines is 1. The Hall–Kier alpha value is -2.31. The first-order chi connectivity index (χ1) is 9.85. The number of furan rings is 1.